The SMILES string of the molecule is Cc1ccc(C(C(C)N)N(C)C(C)CO)cc1. The van der Waals surface area contributed by atoms with Gasteiger partial charge in [0.2, 0.25) is 0 Å². The van der Waals surface area contributed by atoms with Crippen molar-refractivity contribution in [3.05, 3.63) is 35.4 Å². The summed E-state index contributed by atoms with van der Waals surface area (Å²) < 4.78 is 0. The number of nitrogens with zero attached hydrogens (tertiary/aromatic N) is 1. The molecular weight excluding hydrogens is 212 g/mol. The van der Waals surface area contributed by atoms with E-state index in [9.17, 15) is 5.11 Å². The van der Waals surface area contributed by atoms with Crippen molar-refractivity contribution >= 4 is 0 Å². The number of hydrogen-bond acceptors (Lipinski definition) is 3. The molecule has 3 heteroatoms. The molecule has 96 valence electrons. The van der Waals surface area contributed by atoms with Crippen molar-refractivity contribution in [3.8, 4) is 0 Å². The smallest absolute Gasteiger partial charge is 0.0584 e. The fraction of sp³-hybridized carbons (Fsp3) is 0.571. The minimum atomic E-state index is 0.0247. The predicted octanol–water partition coefficient (Wildman–Crippen LogP) is 1.70. The Kier molecular flexibility index (Phi) is 5.12. The van der Waals surface area contributed by atoms with Crippen LogP contribution in [0.3, 0.4) is 0 Å². The van der Waals surface area contributed by atoms with E-state index in [2.05, 4.69) is 36.1 Å². The van der Waals surface area contributed by atoms with Crippen LogP contribution in [0.25, 0.3) is 0 Å². The van der Waals surface area contributed by atoms with Gasteiger partial charge in [0.1, 0.15) is 0 Å². The Hall–Kier alpha value is -0.900. The van der Waals surface area contributed by atoms with Crippen LogP contribution >= 0.6 is 0 Å². The molecule has 0 aliphatic rings. The number of likely N-dealkylation sites (N-methyl/N-ethyl adjacent to an activating group) is 1. The maximum atomic E-state index is 9.24. The zero-order valence-corrected chi connectivity index (χ0v) is 11.2. The summed E-state index contributed by atoms with van der Waals surface area (Å²) in [7, 11) is 2.01. The lowest BCUT2D eigenvalue weighted by molar-refractivity contribution is 0.109. The van der Waals surface area contributed by atoms with Gasteiger partial charge in [0, 0.05) is 18.1 Å². The molecule has 0 amide bonds. The van der Waals surface area contributed by atoms with Crippen molar-refractivity contribution in [3.63, 3.8) is 0 Å². The largest absolute Gasteiger partial charge is 0.395 e. The molecule has 0 saturated heterocycles. The summed E-state index contributed by atoms with van der Waals surface area (Å²) in [4.78, 5) is 2.13. The topological polar surface area (TPSA) is 49.5 Å². The van der Waals surface area contributed by atoms with Gasteiger partial charge in [-0.25, -0.2) is 0 Å². The van der Waals surface area contributed by atoms with Gasteiger partial charge in [-0.3, -0.25) is 4.90 Å². The monoisotopic (exact) mass is 236 g/mol. The van der Waals surface area contributed by atoms with Gasteiger partial charge >= 0.3 is 0 Å². The van der Waals surface area contributed by atoms with Crippen LogP contribution in [-0.4, -0.2) is 35.7 Å². The number of aliphatic hydroxyl groups excluding tert-OH is 1. The van der Waals surface area contributed by atoms with E-state index >= 15 is 0 Å². The normalized spacial score (nSPS) is 16.9. The first-order chi connectivity index (χ1) is 7.97. The van der Waals surface area contributed by atoms with Gasteiger partial charge in [-0.1, -0.05) is 29.8 Å². The molecule has 1 rings (SSSR count). The van der Waals surface area contributed by atoms with Crippen LogP contribution in [0.5, 0.6) is 0 Å². The second-order valence-electron chi connectivity index (χ2n) is 4.91. The van der Waals surface area contributed by atoms with E-state index < -0.39 is 0 Å². The van der Waals surface area contributed by atoms with Crippen LogP contribution in [0.15, 0.2) is 24.3 Å². The first-order valence-electron chi connectivity index (χ1n) is 6.12. The third-order valence-electron chi connectivity index (χ3n) is 3.32. The van der Waals surface area contributed by atoms with Crippen LogP contribution in [-0.2, 0) is 0 Å². The minimum Gasteiger partial charge on any atom is -0.395 e. The number of aryl methyl sites for hydroxylation is 1. The lowest BCUT2D eigenvalue weighted by atomic mass is 9.97. The fourth-order valence-electron chi connectivity index (χ4n) is 2.08. The molecule has 0 aliphatic carbocycles. The third kappa shape index (κ3) is 3.53. The van der Waals surface area contributed by atoms with Crippen molar-refractivity contribution < 1.29 is 5.11 Å². The van der Waals surface area contributed by atoms with Crippen LogP contribution in [0, 0.1) is 6.92 Å². The number of hydrogen-bond donors (Lipinski definition) is 2. The second-order valence-corrected chi connectivity index (χ2v) is 4.91. The van der Waals surface area contributed by atoms with E-state index in [1.807, 2.05) is 20.9 Å². The van der Waals surface area contributed by atoms with Crippen LogP contribution in [0.4, 0.5) is 0 Å². The number of benzene rings is 1. The molecule has 0 bridgehead atoms. The van der Waals surface area contributed by atoms with E-state index in [1.54, 1.807) is 0 Å². The summed E-state index contributed by atoms with van der Waals surface area (Å²) in [6.07, 6.45) is 0. The Bertz CT molecular complexity index is 335. The van der Waals surface area contributed by atoms with Gasteiger partial charge in [0.25, 0.3) is 0 Å². The van der Waals surface area contributed by atoms with Crippen LogP contribution in [0.1, 0.15) is 31.0 Å². The molecule has 0 aromatic heterocycles. The first-order valence-corrected chi connectivity index (χ1v) is 6.12. The van der Waals surface area contributed by atoms with Crippen LogP contribution in [0.2, 0.25) is 0 Å². The Morgan fingerprint density at radius 2 is 1.76 bits per heavy atom. The summed E-state index contributed by atoms with van der Waals surface area (Å²) in [5.74, 6) is 0. The molecule has 0 aliphatic heterocycles. The van der Waals surface area contributed by atoms with Crippen molar-refractivity contribution in [1.82, 2.24) is 4.90 Å². The number of aliphatic hydroxyl groups is 1. The Balaban J connectivity index is 2.97. The average molecular weight is 236 g/mol. The molecule has 0 saturated carbocycles. The van der Waals surface area contributed by atoms with Gasteiger partial charge in [0.15, 0.2) is 0 Å². The molecule has 0 radical (unpaired) electrons. The molecule has 3 nitrogen and oxygen atoms in total. The summed E-state index contributed by atoms with van der Waals surface area (Å²) >= 11 is 0. The molecule has 1 aromatic carbocycles. The molecule has 3 N–H and O–H groups in total. The van der Waals surface area contributed by atoms with E-state index in [4.69, 9.17) is 5.73 Å². The van der Waals surface area contributed by atoms with Gasteiger partial charge < -0.3 is 10.8 Å². The number of rotatable bonds is 5. The van der Waals surface area contributed by atoms with Gasteiger partial charge in [-0.05, 0) is 33.4 Å². The van der Waals surface area contributed by atoms with Crippen molar-refractivity contribution in [1.29, 1.82) is 0 Å². The van der Waals surface area contributed by atoms with Gasteiger partial charge in [-0.15, -0.1) is 0 Å². The highest BCUT2D eigenvalue weighted by Crippen LogP contribution is 2.24. The predicted molar refractivity (Wildman–Crippen MR) is 71.9 cm³/mol. The quantitative estimate of drug-likeness (QED) is 0.818. The first kappa shape index (κ1) is 14.2. The van der Waals surface area contributed by atoms with Gasteiger partial charge in [0.05, 0.1) is 6.61 Å². The lowest BCUT2D eigenvalue weighted by Crippen LogP contribution is -2.43. The zero-order valence-electron chi connectivity index (χ0n) is 11.2. The Labute approximate surface area is 104 Å². The highest BCUT2D eigenvalue weighted by Gasteiger charge is 2.24. The second kappa shape index (κ2) is 6.15. The van der Waals surface area contributed by atoms with E-state index in [0.717, 1.165) is 0 Å². The van der Waals surface area contributed by atoms with E-state index in [0.29, 0.717) is 0 Å². The summed E-state index contributed by atoms with van der Waals surface area (Å²) in [6, 6.07) is 8.69. The van der Waals surface area contributed by atoms with Crippen molar-refractivity contribution in [2.75, 3.05) is 13.7 Å². The molecule has 3 atom stereocenters. The highest BCUT2D eigenvalue weighted by atomic mass is 16.3. The summed E-state index contributed by atoms with van der Waals surface area (Å²) in [5.41, 5.74) is 8.52. The van der Waals surface area contributed by atoms with Gasteiger partial charge in [-0.2, -0.15) is 0 Å². The Morgan fingerprint density at radius 3 is 2.18 bits per heavy atom. The summed E-state index contributed by atoms with van der Waals surface area (Å²) in [6.45, 7) is 6.23. The van der Waals surface area contributed by atoms with Crippen LogP contribution < -0.4 is 5.73 Å². The van der Waals surface area contributed by atoms with Crippen molar-refractivity contribution in [2.45, 2.75) is 38.9 Å². The molecule has 3 unspecified atom stereocenters. The van der Waals surface area contributed by atoms with Crippen molar-refractivity contribution in [2.24, 2.45) is 5.73 Å². The minimum absolute atomic E-state index is 0.0247. The Morgan fingerprint density at radius 1 is 1.24 bits per heavy atom. The third-order valence-corrected chi connectivity index (χ3v) is 3.32. The molecule has 0 spiro atoms. The fourth-order valence-corrected chi connectivity index (χ4v) is 2.08. The average Bonchev–Trinajstić information content (AvgIpc) is 2.30. The maximum Gasteiger partial charge on any atom is 0.0584 e. The zero-order chi connectivity index (χ0) is 13.0. The number of nitrogens with two attached hydrogens (primary N) is 1. The summed E-state index contributed by atoms with van der Waals surface area (Å²) in [5, 5.41) is 9.24. The lowest BCUT2D eigenvalue weighted by Gasteiger charge is -2.35. The highest BCUT2D eigenvalue weighted by molar-refractivity contribution is 5.25. The molecule has 0 heterocycles. The molecule has 17 heavy (non-hydrogen) atoms. The maximum absolute atomic E-state index is 9.24. The molecular formula is C14H24N2O. The molecule has 0 fully saturated rings. The standard InChI is InChI=1S/C14H24N2O/c1-10-5-7-13(8-6-10)14(12(3)15)16(4)11(2)9-17/h5-8,11-12,14,17H,9,15H2,1-4H3. The van der Waals surface area contributed by atoms with E-state index in [-0.39, 0.29) is 24.7 Å². The van der Waals surface area contributed by atoms with E-state index in [1.165, 1.54) is 11.1 Å². The molecule has 1 aromatic rings.